The van der Waals surface area contributed by atoms with Crippen molar-refractivity contribution in [2.75, 3.05) is 7.11 Å². The van der Waals surface area contributed by atoms with Crippen molar-refractivity contribution in [1.82, 2.24) is 4.57 Å². The number of nitriles is 1. The van der Waals surface area contributed by atoms with E-state index in [2.05, 4.69) is 0 Å². The van der Waals surface area contributed by atoms with Crippen molar-refractivity contribution < 1.29 is 28.2 Å². The van der Waals surface area contributed by atoms with E-state index in [9.17, 15) is 28.4 Å². The van der Waals surface area contributed by atoms with Gasteiger partial charge >= 0.3 is 5.97 Å². The molecule has 0 saturated carbocycles. The standard InChI is InChI=1S/C25H19ClF2N2O5/c1-35-22-13-30(24(32)10-19(22)18-9-17(26)7-6-16(18)12-29)20(11-23(27)28)21(31)8-14-2-4-15(5-3-14)25(33)34/h2-7,9-10,13,20,23H,8,11H2,1H3,(H,33,34). The van der Waals surface area contributed by atoms with E-state index in [-0.39, 0.29) is 28.9 Å². The smallest absolute Gasteiger partial charge is 0.335 e. The van der Waals surface area contributed by atoms with Crippen LogP contribution in [0.5, 0.6) is 5.75 Å². The summed E-state index contributed by atoms with van der Waals surface area (Å²) >= 11 is 6.05. The zero-order valence-electron chi connectivity index (χ0n) is 18.4. The van der Waals surface area contributed by atoms with Crippen LogP contribution in [0.1, 0.15) is 33.9 Å². The van der Waals surface area contributed by atoms with Gasteiger partial charge in [0.05, 0.1) is 30.5 Å². The molecule has 0 radical (unpaired) electrons. The number of alkyl halides is 2. The molecule has 10 heteroatoms. The van der Waals surface area contributed by atoms with Gasteiger partial charge in [0.25, 0.3) is 5.56 Å². The van der Waals surface area contributed by atoms with Gasteiger partial charge in [-0.1, -0.05) is 23.7 Å². The molecule has 2 aromatic carbocycles. The van der Waals surface area contributed by atoms with Crippen molar-refractivity contribution in [1.29, 1.82) is 5.26 Å². The predicted octanol–water partition coefficient (Wildman–Crippen LogP) is 4.76. The van der Waals surface area contributed by atoms with Crippen molar-refractivity contribution in [3.05, 3.63) is 86.8 Å². The van der Waals surface area contributed by atoms with E-state index in [4.69, 9.17) is 21.4 Å². The second-order valence-electron chi connectivity index (χ2n) is 7.59. The van der Waals surface area contributed by atoms with E-state index in [1.165, 1.54) is 49.6 Å². The zero-order valence-corrected chi connectivity index (χ0v) is 19.1. The number of aromatic carboxylic acids is 1. The van der Waals surface area contributed by atoms with Crippen LogP contribution in [0, 0.1) is 11.3 Å². The van der Waals surface area contributed by atoms with Crippen molar-refractivity contribution in [2.24, 2.45) is 0 Å². The molecule has 0 bridgehead atoms. The van der Waals surface area contributed by atoms with Gasteiger partial charge in [-0.05, 0) is 35.9 Å². The maximum Gasteiger partial charge on any atom is 0.335 e. The molecule has 0 spiro atoms. The molecule has 1 atom stereocenters. The molecule has 1 N–H and O–H groups in total. The minimum Gasteiger partial charge on any atom is -0.495 e. The lowest BCUT2D eigenvalue weighted by Gasteiger charge is -2.21. The highest BCUT2D eigenvalue weighted by atomic mass is 35.5. The molecule has 0 saturated heterocycles. The first kappa shape index (κ1) is 25.6. The van der Waals surface area contributed by atoms with Gasteiger partial charge in [0.2, 0.25) is 6.43 Å². The number of hydrogen-bond donors (Lipinski definition) is 1. The highest BCUT2D eigenvalue weighted by molar-refractivity contribution is 6.31. The number of carbonyl (C=O) groups is 2. The summed E-state index contributed by atoms with van der Waals surface area (Å²) in [5, 5.41) is 18.7. The summed E-state index contributed by atoms with van der Waals surface area (Å²) in [6.07, 6.45) is -2.91. The zero-order chi connectivity index (χ0) is 25.7. The summed E-state index contributed by atoms with van der Waals surface area (Å²) < 4.78 is 33.0. The summed E-state index contributed by atoms with van der Waals surface area (Å²) in [4.78, 5) is 37.0. The normalized spacial score (nSPS) is 11.7. The van der Waals surface area contributed by atoms with Gasteiger partial charge in [-0.25, -0.2) is 13.6 Å². The fourth-order valence-electron chi connectivity index (χ4n) is 3.64. The molecule has 0 amide bonds. The fourth-order valence-corrected chi connectivity index (χ4v) is 3.81. The van der Waals surface area contributed by atoms with Crippen molar-refractivity contribution in [3.63, 3.8) is 0 Å². The molecule has 35 heavy (non-hydrogen) atoms. The number of Topliss-reactive ketones (excluding diaryl/α,β-unsaturated/α-hetero) is 1. The number of rotatable bonds is 9. The van der Waals surface area contributed by atoms with E-state index < -0.39 is 36.2 Å². The molecular weight excluding hydrogens is 482 g/mol. The number of ether oxygens (including phenoxy) is 1. The SMILES string of the molecule is COc1cn(C(CC(F)F)C(=O)Cc2ccc(C(=O)O)cc2)c(=O)cc1-c1cc(Cl)ccc1C#N. The third-order valence-electron chi connectivity index (χ3n) is 5.34. The maximum atomic E-state index is 13.4. The lowest BCUT2D eigenvalue weighted by Crippen LogP contribution is -2.32. The Labute approximate surface area is 203 Å². The number of carboxylic acid groups (broad SMARTS) is 1. The van der Waals surface area contributed by atoms with Crippen LogP contribution in [-0.2, 0) is 11.2 Å². The van der Waals surface area contributed by atoms with E-state index in [1.807, 2.05) is 6.07 Å². The molecule has 0 aliphatic carbocycles. The molecule has 0 aliphatic heterocycles. The summed E-state index contributed by atoms with van der Waals surface area (Å²) in [6, 6.07) is 11.5. The fraction of sp³-hybridized carbons (Fsp3) is 0.200. The molecule has 0 fully saturated rings. The summed E-state index contributed by atoms with van der Waals surface area (Å²) in [7, 11) is 1.30. The number of aromatic nitrogens is 1. The molecule has 7 nitrogen and oxygen atoms in total. The maximum absolute atomic E-state index is 13.4. The first-order valence-electron chi connectivity index (χ1n) is 10.3. The van der Waals surface area contributed by atoms with Gasteiger partial charge < -0.3 is 14.4 Å². The summed E-state index contributed by atoms with van der Waals surface area (Å²) in [6.45, 7) is 0. The number of nitrogens with zero attached hydrogens (tertiary/aromatic N) is 2. The first-order valence-corrected chi connectivity index (χ1v) is 10.7. The number of carbonyl (C=O) groups excluding carboxylic acids is 1. The number of hydrogen-bond acceptors (Lipinski definition) is 5. The second kappa shape index (κ2) is 10.9. The Morgan fingerprint density at radius 3 is 2.40 bits per heavy atom. The van der Waals surface area contributed by atoms with Crippen LogP contribution in [0.3, 0.4) is 0 Å². The van der Waals surface area contributed by atoms with Crippen LogP contribution in [0.4, 0.5) is 8.78 Å². The van der Waals surface area contributed by atoms with E-state index in [1.54, 1.807) is 0 Å². The molecular formula is C25H19ClF2N2O5. The number of halogens is 3. The first-order chi connectivity index (χ1) is 16.6. The monoisotopic (exact) mass is 500 g/mol. The summed E-state index contributed by atoms with van der Waals surface area (Å²) in [5.74, 6) is -1.72. The molecule has 1 unspecified atom stereocenters. The molecule has 0 aliphatic rings. The number of carboxylic acids is 1. The Hall–Kier alpha value is -4.03. The Morgan fingerprint density at radius 2 is 1.83 bits per heavy atom. The van der Waals surface area contributed by atoms with Crippen molar-refractivity contribution in [2.45, 2.75) is 25.3 Å². The van der Waals surface area contributed by atoms with Crippen LogP contribution >= 0.6 is 11.6 Å². The highest BCUT2D eigenvalue weighted by Gasteiger charge is 2.27. The van der Waals surface area contributed by atoms with Crippen LogP contribution in [0.25, 0.3) is 11.1 Å². The number of pyridine rings is 1. The van der Waals surface area contributed by atoms with Gasteiger partial charge in [0.15, 0.2) is 5.78 Å². The average Bonchev–Trinajstić information content (AvgIpc) is 2.82. The van der Waals surface area contributed by atoms with E-state index in [0.29, 0.717) is 16.1 Å². The number of benzene rings is 2. The Kier molecular flexibility index (Phi) is 7.99. The lowest BCUT2D eigenvalue weighted by atomic mass is 9.98. The summed E-state index contributed by atoms with van der Waals surface area (Å²) in [5.41, 5.74) is 0.435. The molecule has 1 aromatic heterocycles. The lowest BCUT2D eigenvalue weighted by molar-refractivity contribution is -0.122. The topological polar surface area (TPSA) is 109 Å². The van der Waals surface area contributed by atoms with Gasteiger partial charge in [-0.15, -0.1) is 0 Å². The van der Waals surface area contributed by atoms with Crippen molar-refractivity contribution >= 4 is 23.4 Å². The van der Waals surface area contributed by atoms with Crippen LogP contribution < -0.4 is 10.3 Å². The predicted molar refractivity (Wildman–Crippen MR) is 124 cm³/mol. The highest BCUT2D eigenvalue weighted by Crippen LogP contribution is 2.34. The number of ketones is 1. The Bertz CT molecular complexity index is 1360. The minimum atomic E-state index is -2.88. The minimum absolute atomic E-state index is 0.0135. The van der Waals surface area contributed by atoms with E-state index >= 15 is 0 Å². The average molecular weight is 501 g/mol. The molecule has 180 valence electrons. The van der Waals surface area contributed by atoms with Gasteiger partial charge in [-0.3, -0.25) is 9.59 Å². The second-order valence-corrected chi connectivity index (χ2v) is 8.03. The molecule has 3 aromatic rings. The molecule has 1 heterocycles. The third-order valence-corrected chi connectivity index (χ3v) is 5.58. The van der Waals surface area contributed by atoms with Crippen LogP contribution in [0.2, 0.25) is 5.02 Å². The van der Waals surface area contributed by atoms with Crippen molar-refractivity contribution in [3.8, 4) is 22.9 Å². The third kappa shape index (κ3) is 5.91. The van der Waals surface area contributed by atoms with Gasteiger partial charge in [-0.2, -0.15) is 5.26 Å². The van der Waals surface area contributed by atoms with Gasteiger partial charge in [0.1, 0.15) is 11.8 Å². The van der Waals surface area contributed by atoms with Gasteiger partial charge in [0, 0.05) is 35.1 Å². The Morgan fingerprint density at radius 1 is 1.14 bits per heavy atom. The van der Waals surface area contributed by atoms with Crippen LogP contribution in [-0.4, -0.2) is 35.0 Å². The largest absolute Gasteiger partial charge is 0.495 e. The quantitative estimate of drug-likeness (QED) is 0.454. The number of methoxy groups -OCH3 is 1. The van der Waals surface area contributed by atoms with E-state index in [0.717, 1.165) is 16.8 Å². The van der Waals surface area contributed by atoms with Crippen LogP contribution in [0.15, 0.2) is 59.5 Å². The molecule has 3 rings (SSSR count). The Balaban J connectivity index is 2.04.